The zero-order chi connectivity index (χ0) is 7.44. The van der Waals surface area contributed by atoms with Gasteiger partial charge >= 0.3 is 12.1 Å². The van der Waals surface area contributed by atoms with Gasteiger partial charge in [0.1, 0.15) is 6.10 Å². The molecule has 0 aromatic carbocycles. The summed E-state index contributed by atoms with van der Waals surface area (Å²) in [7, 11) is 0. The summed E-state index contributed by atoms with van der Waals surface area (Å²) >= 11 is 0. The molecule has 6 heteroatoms. The SMILES string of the molecule is CC(O)C(=O)OC(=O)O.[Fe]. The maximum atomic E-state index is 10.1. The molecule has 0 rings (SSSR count). The number of aliphatic hydroxyl groups excluding tert-OH is 1. The minimum atomic E-state index is -1.71. The Kier molecular flexibility index (Phi) is 6.34. The third kappa shape index (κ3) is 5.55. The van der Waals surface area contributed by atoms with E-state index in [2.05, 4.69) is 4.74 Å². The van der Waals surface area contributed by atoms with Crippen molar-refractivity contribution in [1.82, 2.24) is 0 Å². The first-order valence-corrected chi connectivity index (χ1v) is 2.16. The minimum Gasteiger partial charge on any atom is -0.449 e. The number of hydrogen-bond acceptors (Lipinski definition) is 4. The molecular formula is C4H6FeO5. The molecule has 0 amide bonds. The first-order valence-electron chi connectivity index (χ1n) is 2.16. The van der Waals surface area contributed by atoms with Crippen LogP contribution < -0.4 is 0 Å². The largest absolute Gasteiger partial charge is 0.513 e. The van der Waals surface area contributed by atoms with E-state index in [1.54, 1.807) is 0 Å². The van der Waals surface area contributed by atoms with Gasteiger partial charge in [-0.3, -0.25) is 0 Å². The smallest absolute Gasteiger partial charge is 0.449 e. The number of carbonyl (C=O) groups is 2. The van der Waals surface area contributed by atoms with Crippen LogP contribution in [0.5, 0.6) is 0 Å². The second kappa shape index (κ2) is 5.22. The number of esters is 1. The van der Waals surface area contributed by atoms with Gasteiger partial charge in [-0.25, -0.2) is 9.59 Å². The summed E-state index contributed by atoms with van der Waals surface area (Å²) in [6.45, 7) is 1.12. The van der Waals surface area contributed by atoms with Gasteiger partial charge in [0, 0.05) is 17.1 Å². The number of carbonyl (C=O) groups excluding carboxylic acids is 1. The molecule has 0 aromatic heterocycles. The van der Waals surface area contributed by atoms with E-state index in [1.165, 1.54) is 0 Å². The van der Waals surface area contributed by atoms with Crippen LogP contribution >= 0.6 is 0 Å². The fourth-order valence-electron chi connectivity index (χ4n) is 0.171. The van der Waals surface area contributed by atoms with Crippen LogP contribution in [0.4, 0.5) is 4.79 Å². The van der Waals surface area contributed by atoms with E-state index in [4.69, 9.17) is 10.2 Å². The Hall–Kier alpha value is -0.581. The molecule has 1 unspecified atom stereocenters. The molecule has 0 heterocycles. The van der Waals surface area contributed by atoms with Crippen molar-refractivity contribution in [2.75, 3.05) is 0 Å². The second-order valence-electron chi connectivity index (χ2n) is 1.36. The topological polar surface area (TPSA) is 83.8 Å². The summed E-state index contributed by atoms with van der Waals surface area (Å²) in [5.41, 5.74) is 0. The molecule has 0 aliphatic heterocycles. The fourth-order valence-corrected chi connectivity index (χ4v) is 0.171. The molecule has 0 spiro atoms. The summed E-state index contributed by atoms with van der Waals surface area (Å²) in [5.74, 6) is -1.16. The molecule has 10 heavy (non-hydrogen) atoms. The van der Waals surface area contributed by atoms with E-state index < -0.39 is 18.2 Å². The van der Waals surface area contributed by atoms with Crippen LogP contribution in [0.25, 0.3) is 0 Å². The van der Waals surface area contributed by atoms with Gasteiger partial charge in [0.05, 0.1) is 0 Å². The number of ether oxygens (including phenoxy) is 1. The zero-order valence-electron chi connectivity index (χ0n) is 5.05. The van der Waals surface area contributed by atoms with Gasteiger partial charge < -0.3 is 14.9 Å². The van der Waals surface area contributed by atoms with E-state index >= 15 is 0 Å². The third-order valence-corrected chi connectivity index (χ3v) is 0.529. The standard InChI is InChI=1S/C4H6O5.Fe/c1-2(5)3(6)9-4(7)8;/h2,5H,1H3,(H,7,8);. The Bertz CT molecular complexity index is 132. The van der Waals surface area contributed by atoms with Crippen molar-refractivity contribution in [1.29, 1.82) is 0 Å². The Morgan fingerprint density at radius 1 is 1.50 bits per heavy atom. The van der Waals surface area contributed by atoms with Gasteiger partial charge in [-0.15, -0.1) is 0 Å². The molecular weight excluding hydrogens is 184 g/mol. The molecule has 0 fully saturated rings. The molecule has 0 saturated carbocycles. The van der Waals surface area contributed by atoms with Crippen LogP contribution in [0.3, 0.4) is 0 Å². The van der Waals surface area contributed by atoms with Crippen LogP contribution in [0.15, 0.2) is 0 Å². The Morgan fingerprint density at radius 2 is 1.90 bits per heavy atom. The van der Waals surface area contributed by atoms with Gasteiger partial charge in [0.25, 0.3) is 0 Å². The second-order valence-corrected chi connectivity index (χ2v) is 1.36. The monoisotopic (exact) mass is 190 g/mol. The Morgan fingerprint density at radius 3 is 2.00 bits per heavy atom. The Balaban J connectivity index is 0. The summed E-state index contributed by atoms with van der Waals surface area (Å²) in [4.78, 5) is 19.7. The molecule has 0 aliphatic carbocycles. The first-order chi connectivity index (χ1) is 4.04. The van der Waals surface area contributed by atoms with Crippen molar-refractivity contribution in [3.8, 4) is 0 Å². The van der Waals surface area contributed by atoms with Crippen LogP contribution in [-0.4, -0.2) is 28.4 Å². The summed E-state index contributed by atoms with van der Waals surface area (Å²) in [6.07, 6.45) is -3.10. The molecule has 0 aromatic rings. The van der Waals surface area contributed by atoms with Crippen LogP contribution in [0, 0.1) is 0 Å². The number of carboxylic acid groups (broad SMARTS) is 1. The van der Waals surface area contributed by atoms with Crippen molar-refractivity contribution in [3.63, 3.8) is 0 Å². The van der Waals surface area contributed by atoms with Gasteiger partial charge in [-0.1, -0.05) is 0 Å². The molecule has 2 N–H and O–H groups in total. The zero-order valence-corrected chi connectivity index (χ0v) is 6.15. The molecule has 0 radical (unpaired) electrons. The maximum absolute atomic E-state index is 10.1. The summed E-state index contributed by atoms with van der Waals surface area (Å²) in [5, 5.41) is 16.1. The normalized spacial score (nSPS) is 11.0. The van der Waals surface area contributed by atoms with Crippen molar-refractivity contribution in [2.24, 2.45) is 0 Å². The van der Waals surface area contributed by atoms with Gasteiger partial charge in [-0.05, 0) is 6.92 Å². The average Bonchev–Trinajstić information content (AvgIpc) is 1.63. The maximum Gasteiger partial charge on any atom is 0.513 e. The average molecular weight is 190 g/mol. The van der Waals surface area contributed by atoms with Gasteiger partial charge in [0.15, 0.2) is 0 Å². The molecule has 1 atom stereocenters. The molecule has 60 valence electrons. The van der Waals surface area contributed by atoms with Crippen LogP contribution in [-0.2, 0) is 26.6 Å². The predicted molar refractivity (Wildman–Crippen MR) is 25.8 cm³/mol. The molecule has 0 bridgehead atoms. The van der Waals surface area contributed by atoms with E-state index in [0.717, 1.165) is 6.92 Å². The number of aliphatic hydroxyl groups is 1. The Labute approximate surface area is 67.5 Å². The van der Waals surface area contributed by atoms with Crippen molar-refractivity contribution in [2.45, 2.75) is 13.0 Å². The van der Waals surface area contributed by atoms with E-state index in [1.807, 2.05) is 0 Å². The van der Waals surface area contributed by atoms with Crippen molar-refractivity contribution in [3.05, 3.63) is 0 Å². The first kappa shape index (κ1) is 12.1. The van der Waals surface area contributed by atoms with E-state index in [9.17, 15) is 9.59 Å². The van der Waals surface area contributed by atoms with E-state index in [-0.39, 0.29) is 17.1 Å². The van der Waals surface area contributed by atoms with Gasteiger partial charge in [0.2, 0.25) is 0 Å². The number of rotatable bonds is 1. The fraction of sp³-hybridized carbons (Fsp3) is 0.500. The van der Waals surface area contributed by atoms with E-state index in [0.29, 0.717) is 0 Å². The van der Waals surface area contributed by atoms with Gasteiger partial charge in [-0.2, -0.15) is 0 Å². The molecule has 0 saturated heterocycles. The summed E-state index contributed by atoms with van der Waals surface area (Å²) in [6, 6.07) is 0. The predicted octanol–water partition coefficient (Wildman–Crippen LogP) is -0.414. The molecule has 0 aliphatic rings. The quantitative estimate of drug-likeness (QED) is 0.333. The number of hydrogen-bond donors (Lipinski definition) is 2. The minimum absolute atomic E-state index is 0. The molecule has 5 nitrogen and oxygen atoms in total. The van der Waals surface area contributed by atoms with Crippen LogP contribution in [0.1, 0.15) is 6.92 Å². The van der Waals surface area contributed by atoms with Crippen LogP contribution in [0.2, 0.25) is 0 Å². The van der Waals surface area contributed by atoms with Crippen molar-refractivity contribution >= 4 is 12.1 Å². The van der Waals surface area contributed by atoms with Crippen molar-refractivity contribution < 1.29 is 41.6 Å². The third-order valence-electron chi connectivity index (χ3n) is 0.529. The summed E-state index contributed by atoms with van der Waals surface area (Å²) < 4.78 is 3.54.